The molecule has 0 fully saturated rings. The Bertz CT molecular complexity index is 425. The molecule has 2 aromatic heterocycles. The highest BCUT2D eigenvalue weighted by Gasteiger charge is 2.13. The molecule has 0 aliphatic carbocycles. The minimum Gasteiger partial charge on any atom is -0.393 e. The maximum Gasteiger partial charge on any atom is 0.229 e. The van der Waals surface area contributed by atoms with Crippen molar-refractivity contribution < 1.29 is 9.63 Å². The molecule has 7 heteroatoms. The summed E-state index contributed by atoms with van der Waals surface area (Å²) < 4.78 is 5.00. The van der Waals surface area contributed by atoms with Crippen molar-refractivity contribution in [3.8, 4) is 11.5 Å². The summed E-state index contributed by atoms with van der Waals surface area (Å²) in [6.07, 6.45) is 3.10. The van der Waals surface area contributed by atoms with Gasteiger partial charge in [0.2, 0.25) is 11.7 Å². The standard InChI is InChI=1S/C9H13N5O2/c1-2-3-6(15)4-8-11-9(13-16-8)7-5-10-14-12-7/h5-6,15H,2-4H2,1H3,(H,10,12,14). The SMILES string of the molecule is CCCC(O)Cc1nc(-c2cn[nH]n2)no1. The molecule has 0 aromatic carbocycles. The monoisotopic (exact) mass is 223 g/mol. The summed E-state index contributed by atoms with van der Waals surface area (Å²) >= 11 is 0. The lowest BCUT2D eigenvalue weighted by Gasteiger charge is -2.03. The molecule has 16 heavy (non-hydrogen) atoms. The zero-order valence-corrected chi connectivity index (χ0v) is 8.92. The van der Waals surface area contributed by atoms with E-state index in [4.69, 9.17) is 4.52 Å². The van der Waals surface area contributed by atoms with Gasteiger partial charge in [0.1, 0.15) is 0 Å². The summed E-state index contributed by atoms with van der Waals surface area (Å²) in [7, 11) is 0. The number of aromatic amines is 1. The van der Waals surface area contributed by atoms with Crippen LogP contribution in [0.5, 0.6) is 0 Å². The van der Waals surface area contributed by atoms with E-state index < -0.39 is 6.10 Å². The van der Waals surface area contributed by atoms with Crippen LogP contribution in [0.2, 0.25) is 0 Å². The minimum atomic E-state index is -0.435. The van der Waals surface area contributed by atoms with Gasteiger partial charge in [-0.05, 0) is 6.42 Å². The van der Waals surface area contributed by atoms with E-state index in [1.807, 2.05) is 6.92 Å². The lowest BCUT2D eigenvalue weighted by atomic mass is 10.1. The molecule has 0 saturated carbocycles. The average molecular weight is 223 g/mol. The second-order valence-corrected chi connectivity index (χ2v) is 3.51. The van der Waals surface area contributed by atoms with Crippen molar-refractivity contribution in [3.63, 3.8) is 0 Å². The van der Waals surface area contributed by atoms with Gasteiger partial charge in [-0.3, -0.25) is 0 Å². The Morgan fingerprint density at radius 1 is 1.56 bits per heavy atom. The molecule has 86 valence electrons. The van der Waals surface area contributed by atoms with Crippen LogP contribution >= 0.6 is 0 Å². The third-order valence-corrected chi connectivity index (χ3v) is 2.14. The second-order valence-electron chi connectivity index (χ2n) is 3.51. The number of aromatic nitrogens is 5. The van der Waals surface area contributed by atoms with Gasteiger partial charge < -0.3 is 9.63 Å². The van der Waals surface area contributed by atoms with Gasteiger partial charge in [0, 0.05) is 0 Å². The van der Waals surface area contributed by atoms with Crippen molar-refractivity contribution in [2.45, 2.75) is 32.3 Å². The van der Waals surface area contributed by atoms with Gasteiger partial charge in [0.15, 0.2) is 5.69 Å². The molecule has 0 amide bonds. The molecule has 1 unspecified atom stereocenters. The molecule has 2 heterocycles. The third kappa shape index (κ3) is 2.43. The van der Waals surface area contributed by atoms with Crippen molar-refractivity contribution in [1.82, 2.24) is 25.6 Å². The fourth-order valence-electron chi connectivity index (χ4n) is 1.39. The molecule has 0 aliphatic heterocycles. The Kier molecular flexibility index (Phi) is 3.25. The van der Waals surface area contributed by atoms with Crippen LogP contribution in [-0.4, -0.2) is 36.8 Å². The molecule has 1 atom stereocenters. The number of H-pyrrole nitrogens is 1. The first-order chi connectivity index (χ1) is 7.79. The molecule has 7 nitrogen and oxygen atoms in total. The van der Waals surface area contributed by atoms with Crippen molar-refractivity contribution in [2.24, 2.45) is 0 Å². The fourth-order valence-corrected chi connectivity index (χ4v) is 1.39. The van der Waals surface area contributed by atoms with E-state index in [0.717, 1.165) is 12.8 Å². The first-order valence-corrected chi connectivity index (χ1v) is 5.16. The first-order valence-electron chi connectivity index (χ1n) is 5.16. The van der Waals surface area contributed by atoms with E-state index in [1.165, 1.54) is 6.20 Å². The predicted octanol–water partition coefficient (Wildman–Crippen LogP) is 0.558. The van der Waals surface area contributed by atoms with Crippen LogP contribution in [0.3, 0.4) is 0 Å². The summed E-state index contributed by atoms with van der Waals surface area (Å²) in [5.74, 6) is 0.798. The van der Waals surface area contributed by atoms with Crippen LogP contribution in [0, 0.1) is 0 Å². The number of rotatable bonds is 5. The fraction of sp³-hybridized carbons (Fsp3) is 0.556. The Labute approximate surface area is 91.9 Å². The van der Waals surface area contributed by atoms with Gasteiger partial charge in [0.05, 0.1) is 18.7 Å². The smallest absolute Gasteiger partial charge is 0.229 e. The van der Waals surface area contributed by atoms with Crippen LogP contribution < -0.4 is 0 Å². The van der Waals surface area contributed by atoms with Crippen LogP contribution in [-0.2, 0) is 6.42 Å². The maximum atomic E-state index is 9.58. The topological polar surface area (TPSA) is 101 Å². The Hall–Kier alpha value is -1.76. The Balaban J connectivity index is 2.03. The predicted molar refractivity (Wildman–Crippen MR) is 54.3 cm³/mol. The van der Waals surface area contributed by atoms with E-state index >= 15 is 0 Å². The molecule has 2 aromatic rings. The minimum absolute atomic E-state index is 0.374. The molecular weight excluding hydrogens is 210 g/mol. The molecule has 2 rings (SSSR count). The average Bonchev–Trinajstić information content (AvgIpc) is 2.86. The zero-order valence-electron chi connectivity index (χ0n) is 8.92. The van der Waals surface area contributed by atoms with Crippen molar-refractivity contribution >= 4 is 0 Å². The Morgan fingerprint density at radius 3 is 3.12 bits per heavy atom. The number of nitrogens with zero attached hydrogens (tertiary/aromatic N) is 4. The van der Waals surface area contributed by atoms with E-state index in [0.29, 0.717) is 23.8 Å². The van der Waals surface area contributed by atoms with Crippen molar-refractivity contribution in [3.05, 3.63) is 12.1 Å². The number of hydrogen-bond acceptors (Lipinski definition) is 6. The number of nitrogens with one attached hydrogen (secondary N) is 1. The molecule has 0 radical (unpaired) electrons. The molecular formula is C9H13N5O2. The van der Waals surface area contributed by atoms with Gasteiger partial charge in [-0.2, -0.15) is 20.4 Å². The van der Waals surface area contributed by atoms with Gasteiger partial charge in [-0.15, -0.1) is 0 Å². The van der Waals surface area contributed by atoms with Crippen LogP contribution in [0.4, 0.5) is 0 Å². The van der Waals surface area contributed by atoms with E-state index in [2.05, 4.69) is 25.6 Å². The summed E-state index contributed by atoms with van der Waals surface area (Å²) in [5, 5.41) is 23.3. The highest BCUT2D eigenvalue weighted by Crippen LogP contribution is 2.12. The molecule has 0 aliphatic rings. The summed E-state index contributed by atoms with van der Waals surface area (Å²) in [6.45, 7) is 2.01. The first kappa shape index (κ1) is 10.7. The summed E-state index contributed by atoms with van der Waals surface area (Å²) in [6, 6.07) is 0. The maximum absolute atomic E-state index is 9.58. The van der Waals surface area contributed by atoms with Crippen LogP contribution in [0.15, 0.2) is 10.7 Å². The number of aliphatic hydroxyl groups is 1. The zero-order chi connectivity index (χ0) is 11.4. The highest BCUT2D eigenvalue weighted by atomic mass is 16.5. The van der Waals surface area contributed by atoms with E-state index in [9.17, 15) is 5.11 Å². The Morgan fingerprint density at radius 2 is 2.44 bits per heavy atom. The van der Waals surface area contributed by atoms with E-state index in [-0.39, 0.29) is 0 Å². The van der Waals surface area contributed by atoms with Crippen LogP contribution in [0.1, 0.15) is 25.7 Å². The molecule has 0 bridgehead atoms. The number of aliphatic hydroxyl groups excluding tert-OH is 1. The third-order valence-electron chi connectivity index (χ3n) is 2.14. The van der Waals surface area contributed by atoms with Gasteiger partial charge >= 0.3 is 0 Å². The second kappa shape index (κ2) is 4.84. The largest absolute Gasteiger partial charge is 0.393 e. The molecule has 0 spiro atoms. The van der Waals surface area contributed by atoms with Gasteiger partial charge in [-0.1, -0.05) is 18.5 Å². The van der Waals surface area contributed by atoms with Gasteiger partial charge in [0.25, 0.3) is 0 Å². The van der Waals surface area contributed by atoms with E-state index in [1.54, 1.807) is 0 Å². The normalized spacial score (nSPS) is 12.9. The molecule has 2 N–H and O–H groups in total. The highest BCUT2D eigenvalue weighted by molar-refractivity contribution is 5.44. The van der Waals surface area contributed by atoms with Crippen LogP contribution in [0.25, 0.3) is 11.5 Å². The van der Waals surface area contributed by atoms with Crippen molar-refractivity contribution in [1.29, 1.82) is 0 Å². The summed E-state index contributed by atoms with van der Waals surface area (Å²) in [4.78, 5) is 4.11. The van der Waals surface area contributed by atoms with Crippen molar-refractivity contribution in [2.75, 3.05) is 0 Å². The quantitative estimate of drug-likeness (QED) is 0.768. The lowest BCUT2D eigenvalue weighted by molar-refractivity contribution is 0.152. The summed E-state index contributed by atoms with van der Waals surface area (Å²) in [5.41, 5.74) is 0.528. The lowest BCUT2D eigenvalue weighted by Crippen LogP contribution is -2.09. The number of hydrogen-bond donors (Lipinski definition) is 2. The molecule has 0 saturated heterocycles. The van der Waals surface area contributed by atoms with Gasteiger partial charge in [-0.25, -0.2) is 0 Å².